The molecule has 0 aliphatic carbocycles. The normalized spacial score (nSPS) is 9.47. The summed E-state index contributed by atoms with van der Waals surface area (Å²) < 4.78 is 11.3. The summed E-state index contributed by atoms with van der Waals surface area (Å²) in [6, 6.07) is 3.22. The van der Waals surface area contributed by atoms with Gasteiger partial charge in [-0.2, -0.15) is 0 Å². The smallest absolute Gasteiger partial charge is 0.339 e. The zero-order valence-corrected chi connectivity index (χ0v) is 11.4. The van der Waals surface area contributed by atoms with Crippen LogP contribution in [-0.4, -0.2) is 24.3 Å². The van der Waals surface area contributed by atoms with E-state index in [-0.39, 0.29) is 17.9 Å². The van der Waals surface area contributed by atoms with Gasteiger partial charge in [-0.3, -0.25) is 0 Å². The van der Waals surface area contributed by atoms with Gasteiger partial charge >= 0.3 is 5.97 Å². The van der Waals surface area contributed by atoms with E-state index in [0.29, 0.717) is 12.4 Å². The average Bonchev–Trinajstić information content (AvgIpc) is 2.27. The molecule has 0 amide bonds. The fourth-order valence-corrected chi connectivity index (χ4v) is 1.85. The zero-order valence-electron chi connectivity index (χ0n) is 9.20. The first-order valence-corrected chi connectivity index (χ1v) is 5.94. The number of ether oxygens (including phenoxy) is 2. The lowest BCUT2D eigenvalue weighted by Gasteiger charge is -2.13. The van der Waals surface area contributed by atoms with Crippen molar-refractivity contribution in [3.8, 4) is 23.8 Å². The molecule has 0 unspecified atom stereocenters. The number of rotatable bonds is 5. The molecule has 17 heavy (non-hydrogen) atoms. The number of carboxylic acids is 1. The van der Waals surface area contributed by atoms with Crippen LogP contribution in [0.4, 0.5) is 0 Å². The SMILES string of the molecule is C#CCOc1c(OCC)cc(I)cc1C(=O)O. The van der Waals surface area contributed by atoms with Crippen molar-refractivity contribution in [3.63, 3.8) is 0 Å². The third-order valence-electron chi connectivity index (χ3n) is 1.85. The number of carbonyl (C=O) groups is 1. The van der Waals surface area contributed by atoms with Crippen LogP contribution in [0.5, 0.6) is 11.5 Å². The van der Waals surface area contributed by atoms with Gasteiger partial charge in [-0.05, 0) is 41.6 Å². The van der Waals surface area contributed by atoms with Gasteiger partial charge in [0.2, 0.25) is 0 Å². The molecule has 0 aromatic heterocycles. The van der Waals surface area contributed by atoms with Crippen LogP contribution in [0.25, 0.3) is 0 Å². The molecule has 0 saturated carbocycles. The summed E-state index contributed by atoms with van der Waals surface area (Å²) in [7, 11) is 0. The minimum Gasteiger partial charge on any atom is -0.490 e. The quantitative estimate of drug-likeness (QED) is 0.657. The molecule has 0 saturated heterocycles. The van der Waals surface area contributed by atoms with Gasteiger partial charge in [0.05, 0.1) is 6.61 Å². The second kappa shape index (κ2) is 6.35. The molecule has 0 aliphatic rings. The maximum absolute atomic E-state index is 11.1. The van der Waals surface area contributed by atoms with Gasteiger partial charge < -0.3 is 14.6 Å². The highest BCUT2D eigenvalue weighted by molar-refractivity contribution is 14.1. The number of halogens is 1. The molecular weight excluding hydrogens is 335 g/mol. The fourth-order valence-electron chi connectivity index (χ4n) is 1.25. The Balaban J connectivity index is 3.26. The summed E-state index contributed by atoms with van der Waals surface area (Å²) in [5, 5.41) is 9.09. The van der Waals surface area contributed by atoms with Crippen molar-refractivity contribution >= 4 is 28.6 Å². The van der Waals surface area contributed by atoms with E-state index >= 15 is 0 Å². The van der Waals surface area contributed by atoms with Crippen molar-refractivity contribution in [2.45, 2.75) is 6.92 Å². The van der Waals surface area contributed by atoms with Crippen LogP contribution in [-0.2, 0) is 0 Å². The molecule has 0 fully saturated rings. The van der Waals surface area contributed by atoms with Crippen LogP contribution < -0.4 is 9.47 Å². The standard InChI is InChI=1S/C12H11IO4/c1-3-5-17-11-9(12(14)15)6-8(13)7-10(11)16-4-2/h1,6-7H,4-5H2,2H3,(H,14,15). The molecule has 1 aromatic rings. The summed E-state index contributed by atoms with van der Waals surface area (Å²) in [5.41, 5.74) is 0.0515. The Morgan fingerprint density at radius 2 is 2.24 bits per heavy atom. The topological polar surface area (TPSA) is 55.8 Å². The van der Waals surface area contributed by atoms with E-state index in [4.69, 9.17) is 21.0 Å². The van der Waals surface area contributed by atoms with Gasteiger partial charge in [-0.25, -0.2) is 4.79 Å². The van der Waals surface area contributed by atoms with Crippen molar-refractivity contribution in [1.82, 2.24) is 0 Å². The van der Waals surface area contributed by atoms with Crippen molar-refractivity contribution in [3.05, 3.63) is 21.3 Å². The molecule has 0 aliphatic heterocycles. The van der Waals surface area contributed by atoms with E-state index in [1.165, 1.54) is 6.07 Å². The van der Waals surface area contributed by atoms with E-state index in [2.05, 4.69) is 5.92 Å². The summed E-state index contributed by atoms with van der Waals surface area (Å²) in [6.45, 7) is 2.23. The molecule has 5 heteroatoms. The summed E-state index contributed by atoms with van der Waals surface area (Å²) in [5.74, 6) is 1.79. The molecule has 1 aromatic carbocycles. The van der Waals surface area contributed by atoms with Crippen LogP contribution in [0.2, 0.25) is 0 Å². The first-order chi connectivity index (χ1) is 8.10. The number of terminal acetylenes is 1. The van der Waals surface area contributed by atoms with E-state index in [9.17, 15) is 4.79 Å². The molecule has 0 bridgehead atoms. The van der Waals surface area contributed by atoms with Crippen molar-refractivity contribution < 1.29 is 19.4 Å². The first-order valence-electron chi connectivity index (χ1n) is 4.86. The summed E-state index contributed by atoms with van der Waals surface area (Å²) in [4.78, 5) is 11.1. The monoisotopic (exact) mass is 346 g/mol. The number of benzene rings is 1. The van der Waals surface area contributed by atoms with Crippen LogP contribution in [0, 0.1) is 15.9 Å². The number of hydrogen-bond acceptors (Lipinski definition) is 3. The third kappa shape index (κ3) is 3.53. The first kappa shape index (κ1) is 13.6. The molecule has 0 spiro atoms. The van der Waals surface area contributed by atoms with E-state index in [1.54, 1.807) is 6.07 Å². The van der Waals surface area contributed by atoms with Crippen molar-refractivity contribution in [1.29, 1.82) is 0 Å². The lowest BCUT2D eigenvalue weighted by Crippen LogP contribution is -2.07. The summed E-state index contributed by atoms with van der Waals surface area (Å²) >= 11 is 2.02. The second-order valence-electron chi connectivity index (χ2n) is 3.01. The second-order valence-corrected chi connectivity index (χ2v) is 4.26. The van der Waals surface area contributed by atoms with Gasteiger partial charge in [0, 0.05) is 3.57 Å². The molecule has 90 valence electrons. The van der Waals surface area contributed by atoms with Gasteiger partial charge in [0.25, 0.3) is 0 Å². The molecule has 1 rings (SSSR count). The minimum atomic E-state index is -1.07. The molecule has 0 atom stereocenters. The number of hydrogen-bond donors (Lipinski definition) is 1. The summed E-state index contributed by atoms with van der Waals surface area (Å²) in [6.07, 6.45) is 5.09. The Labute approximate surface area is 113 Å². The average molecular weight is 346 g/mol. The fraction of sp³-hybridized carbons (Fsp3) is 0.250. The highest BCUT2D eigenvalue weighted by Crippen LogP contribution is 2.33. The maximum atomic E-state index is 11.1. The van der Waals surface area contributed by atoms with Gasteiger partial charge in [0.1, 0.15) is 12.2 Å². The zero-order chi connectivity index (χ0) is 12.8. The van der Waals surface area contributed by atoms with Gasteiger partial charge in [0.15, 0.2) is 11.5 Å². The predicted molar refractivity (Wildman–Crippen MR) is 71.6 cm³/mol. The van der Waals surface area contributed by atoms with Crippen LogP contribution in [0.15, 0.2) is 12.1 Å². The predicted octanol–water partition coefficient (Wildman–Crippen LogP) is 2.40. The van der Waals surface area contributed by atoms with Crippen LogP contribution >= 0.6 is 22.6 Å². The Morgan fingerprint density at radius 3 is 2.76 bits per heavy atom. The van der Waals surface area contributed by atoms with E-state index in [1.807, 2.05) is 29.5 Å². The highest BCUT2D eigenvalue weighted by atomic mass is 127. The van der Waals surface area contributed by atoms with Gasteiger partial charge in [-0.15, -0.1) is 6.42 Å². The Bertz CT molecular complexity index is 462. The lowest BCUT2D eigenvalue weighted by molar-refractivity contribution is 0.0691. The molecule has 0 radical (unpaired) electrons. The van der Waals surface area contributed by atoms with Crippen LogP contribution in [0.3, 0.4) is 0 Å². The van der Waals surface area contributed by atoms with E-state index in [0.717, 1.165) is 3.57 Å². The number of aromatic carboxylic acids is 1. The largest absolute Gasteiger partial charge is 0.490 e. The van der Waals surface area contributed by atoms with Crippen molar-refractivity contribution in [2.24, 2.45) is 0 Å². The van der Waals surface area contributed by atoms with Crippen molar-refractivity contribution in [2.75, 3.05) is 13.2 Å². The molecule has 4 nitrogen and oxygen atoms in total. The highest BCUT2D eigenvalue weighted by Gasteiger charge is 2.18. The Hall–Kier alpha value is -1.42. The minimum absolute atomic E-state index is 0.000939. The Morgan fingerprint density at radius 1 is 1.53 bits per heavy atom. The molecular formula is C12H11IO4. The third-order valence-corrected chi connectivity index (χ3v) is 2.47. The maximum Gasteiger partial charge on any atom is 0.339 e. The Kier molecular flexibility index (Phi) is 5.10. The lowest BCUT2D eigenvalue weighted by atomic mass is 10.2. The number of carboxylic acid groups (broad SMARTS) is 1. The van der Waals surface area contributed by atoms with Crippen LogP contribution in [0.1, 0.15) is 17.3 Å². The molecule has 1 N–H and O–H groups in total. The van der Waals surface area contributed by atoms with Gasteiger partial charge in [-0.1, -0.05) is 5.92 Å². The molecule has 0 heterocycles. The van der Waals surface area contributed by atoms with E-state index < -0.39 is 5.97 Å².